The van der Waals surface area contributed by atoms with E-state index >= 15 is 0 Å². The fourth-order valence-electron chi connectivity index (χ4n) is 5.28. The largest absolute Gasteiger partial charge is 0.508 e. The number of benzene rings is 1. The van der Waals surface area contributed by atoms with Crippen LogP contribution in [0.1, 0.15) is 38.5 Å². The lowest BCUT2D eigenvalue weighted by atomic mass is 9.49. The zero-order valence-corrected chi connectivity index (χ0v) is 13.8. The van der Waals surface area contributed by atoms with Crippen molar-refractivity contribution in [3.05, 3.63) is 24.0 Å². The van der Waals surface area contributed by atoms with Crippen molar-refractivity contribution < 1.29 is 14.3 Å². The highest BCUT2D eigenvalue weighted by Crippen LogP contribution is 2.64. The highest BCUT2D eigenvalue weighted by atomic mass is 79.9. The average molecular weight is 368 g/mol. The minimum Gasteiger partial charge on any atom is -0.508 e. The lowest BCUT2D eigenvalue weighted by Gasteiger charge is -2.59. The highest BCUT2D eigenvalue weighted by Gasteiger charge is 2.59. The molecule has 4 aliphatic carbocycles. The monoisotopic (exact) mass is 367 g/mol. The van der Waals surface area contributed by atoms with Gasteiger partial charge in [0.2, 0.25) is 5.91 Å². The Morgan fingerprint density at radius 3 is 2.55 bits per heavy atom. The van der Waals surface area contributed by atoms with Crippen molar-refractivity contribution in [2.45, 2.75) is 42.8 Å². The summed E-state index contributed by atoms with van der Waals surface area (Å²) in [6, 6.07) is 3.85. The normalized spacial score (nSPS) is 39.0. The van der Waals surface area contributed by atoms with E-state index in [9.17, 15) is 14.3 Å². The summed E-state index contributed by atoms with van der Waals surface area (Å²) in [6.45, 7) is 0. The van der Waals surface area contributed by atoms with E-state index in [1.165, 1.54) is 18.6 Å². The molecule has 4 saturated carbocycles. The molecule has 0 unspecified atom stereocenters. The van der Waals surface area contributed by atoms with E-state index in [0.717, 1.165) is 38.2 Å². The van der Waals surface area contributed by atoms with Crippen molar-refractivity contribution in [2.75, 3.05) is 5.32 Å². The van der Waals surface area contributed by atoms with Gasteiger partial charge in [0.25, 0.3) is 0 Å². The number of halogens is 2. The predicted molar refractivity (Wildman–Crippen MR) is 85.5 cm³/mol. The maximum atomic E-state index is 13.9. The number of nitrogens with one attached hydrogen (secondary N) is 1. The molecule has 5 rings (SSSR count). The van der Waals surface area contributed by atoms with E-state index < -0.39 is 5.82 Å². The number of carbonyl (C=O) groups is 1. The maximum absolute atomic E-state index is 13.9. The van der Waals surface area contributed by atoms with Crippen LogP contribution in [0, 0.1) is 23.1 Å². The van der Waals surface area contributed by atoms with Crippen LogP contribution in [-0.2, 0) is 4.79 Å². The molecule has 1 aromatic carbocycles. The molecule has 5 heteroatoms. The molecule has 3 nitrogen and oxygen atoms in total. The maximum Gasteiger partial charge on any atom is 0.230 e. The molecule has 118 valence electrons. The smallest absolute Gasteiger partial charge is 0.230 e. The number of amides is 1. The summed E-state index contributed by atoms with van der Waals surface area (Å²) in [7, 11) is 0. The Balaban J connectivity index is 1.60. The van der Waals surface area contributed by atoms with Gasteiger partial charge >= 0.3 is 0 Å². The molecule has 0 heterocycles. The molecule has 0 spiro atoms. The van der Waals surface area contributed by atoms with E-state index in [2.05, 4.69) is 21.2 Å². The van der Waals surface area contributed by atoms with Crippen LogP contribution in [0.25, 0.3) is 0 Å². The van der Waals surface area contributed by atoms with Gasteiger partial charge in [-0.2, -0.15) is 0 Å². The van der Waals surface area contributed by atoms with Crippen molar-refractivity contribution in [1.29, 1.82) is 0 Å². The minimum absolute atomic E-state index is 0.0602. The van der Waals surface area contributed by atoms with Crippen molar-refractivity contribution in [2.24, 2.45) is 17.3 Å². The number of hydrogen-bond donors (Lipinski definition) is 2. The molecular weight excluding hydrogens is 349 g/mol. The summed E-state index contributed by atoms with van der Waals surface area (Å²) < 4.78 is 14.0. The van der Waals surface area contributed by atoms with Crippen LogP contribution in [0.3, 0.4) is 0 Å². The fraction of sp³-hybridized carbons (Fsp3) is 0.588. The average Bonchev–Trinajstić information content (AvgIpc) is 2.39. The highest BCUT2D eigenvalue weighted by molar-refractivity contribution is 9.10. The first kappa shape index (κ1) is 14.5. The SMILES string of the molecule is O=C(Nc1ccc(O)cc1F)C12C[C@H]3C[C@@H](CC(Br)(C3)C1)C2. The number of alkyl halides is 1. The minimum atomic E-state index is -0.591. The second-order valence-electron chi connectivity index (χ2n) is 7.51. The molecule has 4 aliphatic rings. The van der Waals surface area contributed by atoms with Crippen LogP contribution in [0.5, 0.6) is 5.75 Å². The number of anilines is 1. The summed E-state index contributed by atoms with van der Waals surface area (Å²) in [4.78, 5) is 12.9. The lowest BCUT2D eigenvalue weighted by molar-refractivity contribution is -0.138. The van der Waals surface area contributed by atoms with Gasteiger partial charge in [0, 0.05) is 10.4 Å². The Labute approximate surface area is 137 Å². The van der Waals surface area contributed by atoms with Crippen molar-refractivity contribution in [3.63, 3.8) is 0 Å². The summed E-state index contributed by atoms with van der Waals surface area (Å²) in [5.41, 5.74) is -0.208. The van der Waals surface area contributed by atoms with Gasteiger partial charge in [-0.05, 0) is 62.5 Å². The number of phenolic OH excluding ortho intramolecular Hbond substituents is 1. The molecule has 1 aromatic rings. The van der Waals surface area contributed by atoms with Crippen molar-refractivity contribution >= 4 is 27.5 Å². The molecule has 0 aliphatic heterocycles. The molecule has 2 atom stereocenters. The van der Waals surface area contributed by atoms with Crippen LogP contribution >= 0.6 is 15.9 Å². The molecule has 2 N–H and O–H groups in total. The second kappa shape index (κ2) is 4.70. The van der Waals surface area contributed by atoms with Crippen LogP contribution in [0.15, 0.2) is 18.2 Å². The number of aromatic hydroxyl groups is 1. The third-order valence-corrected chi connectivity index (χ3v) is 6.60. The van der Waals surface area contributed by atoms with Gasteiger partial charge in [-0.3, -0.25) is 4.79 Å². The Kier molecular flexibility index (Phi) is 3.09. The quantitative estimate of drug-likeness (QED) is 0.607. The molecule has 0 saturated heterocycles. The van der Waals surface area contributed by atoms with Gasteiger partial charge in [0.05, 0.1) is 11.1 Å². The summed E-state index contributed by atoms with van der Waals surface area (Å²) >= 11 is 3.88. The number of rotatable bonds is 2. The van der Waals surface area contributed by atoms with Gasteiger partial charge < -0.3 is 10.4 Å². The Morgan fingerprint density at radius 1 is 1.27 bits per heavy atom. The van der Waals surface area contributed by atoms with Gasteiger partial charge in [0.1, 0.15) is 11.6 Å². The second-order valence-corrected chi connectivity index (χ2v) is 9.19. The Morgan fingerprint density at radius 2 is 1.95 bits per heavy atom. The Hall–Kier alpha value is -1.10. The molecule has 4 fully saturated rings. The zero-order chi connectivity index (χ0) is 15.5. The predicted octanol–water partition coefficient (Wildman–Crippen LogP) is 4.20. The van der Waals surface area contributed by atoms with Crippen LogP contribution < -0.4 is 5.32 Å². The zero-order valence-electron chi connectivity index (χ0n) is 12.2. The van der Waals surface area contributed by atoms with Crippen LogP contribution in [0.4, 0.5) is 10.1 Å². The van der Waals surface area contributed by atoms with E-state index in [-0.39, 0.29) is 27.1 Å². The van der Waals surface area contributed by atoms with Gasteiger partial charge in [0.15, 0.2) is 0 Å². The van der Waals surface area contributed by atoms with E-state index in [0.29, 0.717) is 11.8 Å². The molecule has 1 amide bonds. The Bertz CT molecular complexity index is 634. The summed E-state index contributed by atoms with van der Waals surface area (Å²) in [6.07, 6.45) is 6.23. The summed E-state index contributed by atoms with van der Waals surface area (Å²) in [5.74, 6) is 0.429. The molecule has 4 bridgehead atoms. The van der Waals surface area contributed by atoms with Crippen LogP contribution in [-0.4, -0.2) is 15.3 Å². The van der Waals surface area contributed by atoms with Crippen molar-refractivity contribution in [3.8, 4) is 5.75 Å². The van der Waals surface area contributed by atoms with E-state index in [1.54, 1.807) is 0 Å². The topological polar surface area (TPSA) is 49.3 Å². The first-order valence-electron chi connectivity index (χ1n) is 7.86. The van der Waals surface area contributed by atoms with Crippen LogP contribution in [0.2, 0.25) is 0 Å². The van der Waals surface area contributed by atoms with E-state index in [1.807, 2.05) is 0 Å². The summed E-state index contributed by atoms with van der Waals surface area (Å²) in [5, 5.41) is 12.0. The fourth-order valence-corrected chi connectivity index (χ4v) is 6.73. The van der Waals surface area contributed by atoms with E-state index in [4.69, 9.17) is 0 Å². The molecular formula is C17H19BrFNO2. The number of carbonyl (C=O) groups excluding carboxylic acids is 1. The lowest BCUT2D eigenvalue weighted by Crippen LogP contribution is -2.57. The van der Waals surface area contributed by atoms with Gasteiger partial charge in [-0.15, -0.1) is 0 Å². The standard InChI is InChI=1S/C17H19BrFNO2/c18-17-7-10-3-11(8-17)6-16(5-10,9-17)15(22)20-14-2-1-12(21)4-13(14)19/h1-2,4,10-11,21H,3,5-9H2,(H,20,22)/t10-,11-,16?,17?/m1/s1. The van der Waals surface area contributed by atoms with Gasteiger partial charge in [-0.1, -0.05) is 15.9 Å². The molecule has 0 aromatic heterocycles. The van der Waals surface area contributed by atoms with Gasteiger partial charge in [-0.25, -0.2) is 4.39 Å². The first-order chi connectivity index (χ1) is 10.4. The first-order valence-corrected chi connectivity index (χ1v) is 8.66. The third-order valence-electron chi connectivity index (χ3n) is 5.67. The number of phenols is 1. The van der Waals surface area contributed by atoms with Crippen molar-refractivity contribution in [1.82, 2.24) is 0 Å². The third kappa shape index (κ3) is 2.25. The number of hydrogen-bond acceptors (Lipinski definition) is 2. The molecule has 0 radical (unpaired) electrons. The molecule has 22 heavy (non-hydrogen) atoms.